The van der Waals surface area contributed by atoms with Gasteiger partial charge in [-0.05, 0) is 38.5 Å². The quantitative estimate of drug-likeness (QED) is 0.749. The number of nitrogens with zero attached hydrogens (tertiary/aromatic N) is 3. The lowest BCUT2D eigenvalue weighted by Gasteiger charge is -2.14. The van der Waals surface area contributed by atoms with E-state index in [0.29, 0.717) is 16.4 Å². The zero-order chi connectivity index (χ0) is 18.1. The Bertz CT molecular complexity index is 927. The molecule has 1 amide bonds. The molecule has 0 radical (unpaired) electrons. The molecule has 0 fully saturated rings. The van der Waals surface area contributed by atoms with Crippen molar-refractivity contribution in [2.24, 2.45) is 7.05 Å². The van der Waals surface area contributed by atoms with Gasteiger partial charge in [-0.2, -0.15) is 10.2 Å². The number of halogens is 1. The van der Waals surface area contributed by atoms with Crippen molar-refractivity contribution in [2.75, 3.05) is 0 Å². The maximum Gasteiger partial charge on any atom is 0.269 e. The molecule has 3 aromatic rings. The first-order valence-corrected chi connectivity index (χ1v) is 8.37. The first-order valence-electron chi connectivity index (χ1n) is 7.99. The van der Waals surface area contributed by atoms with Crippen LogP contribution in [-0.2, 0) is 7.05 Å². The monoisotopic (exact) mass is 357 g/mol. The summed E-state index contributed by atoms with van der Waals surface area (Å²) in [6.45, 7) is 5.80. The summed E-state index contributed by atoms with van der Waals surface area (Å²) in [7, 11) is 1.89. The minimum Gasteiger partial charge on any atom is -0.344 e. The molecule has 3 rings (SSSR count). The fourth-order valence-corrected chi connectivity index (χ4v) is 3.19. The van der Waals surface area contributed by atoms with Gasteiger partial charge in [0.25, 0.3) is 5.91 Å². The van der Waals surface area contributed by atoms with Gasteiger partial charge in [-0.1, -0.05) is 29.8 Å². The minimum atomic E-state index is -0.231. The number of aromatic amines is 1. The van der Waals surface area contributed by atoms with Crippen LogP contribution in [-0.4, -0.2) is 25.9 Å². The molecule has 2 heterocycles. The summed E-state index contributed by atoms with van der Waals surface area (Å²) in [5.74, 6) is -0.231. The molecule has 0 saturated carbocycles. The van der Waals surface area contributed by atoms with Crippen molar-refractivity contribution in [3.63, 3.8) is 0 Å². The predicted molar refractivity (Wildman–Crippen MR) is 97.6 cm³/mol. The van der Waals surface area contributed by atoms with Crippen molar-refractivity contribution in [2.45, 2.75) is 26.8 Å². The number of nitrogens with one attached hydrogen (secondary N) is 2. The Labute approximate surface area is 151 Å². The molecule has 7 heteroatoms. The molecule has 1 atom stereocenters. The van der Waals surface area contributed by atoms with Crippen LogP contribution in [0.1, 0.15) is 40.4 Å². The Morgan fingerprint density at radius 3 is 2.68 bits per heavy atom. The molecule has 0 aliphatic carbocycles. The second-order valence-electron chi connectivity index (χ2n) is 6.05. The third kappa shape index (κ3) is 3.30. The van der Waals surface area contributed by atoms with E-state index < -0.39 is 0 Å². The van der Waals surface area contributed by atoms with Crippen LogP contribution in [0.4, 0.5) is 0 Å². The molecule has 6 nitrogen and oxygen atoms in total. The van der Waals surface area contributed by atoms with Gasteiger partial charge in [-0.25, -0.2) is 0 Å². The molecule has 0 spiro atoms. The average molecular weight is 358 g/mol. The zero-order valence-electron chi connectivity index (χ0n) is 14.6. The van der Waals surface area contributed by atoms with Crippen molar-refractivity contribution in [1.29, 1.82) is 0 Å². The highest BCUT2D eigenvalue weighted by molar-refractivity contribution is 6.31. The number of aromatic nitrogens is 4. The number of H-pyrrole nitrogens is 1. The summed E-state index contributed by atoms with van der Waals surface area (Å²) >= 11 is 6.19. The normalized spacial score (nSPS) is 12.2. The van der Waals surface area contributed by atoms with E-state index in [1.54, 1.807) is 10.7 Å². The summed E-state index contributed by atoms with van der Waals surface area (Å²) in [4.78, 5) is 12.5. The van der Waals surface area contributed by atoms with Gasteiger partial charge in [0, 0.05) is 23.3 Å². The van der Waals surface area contributed by atoms with Crippen molar-refractivity contribution in [1.82, 2.24) is 25.3 Å². The summed E-state index contributed by atoms with van der Waals surface area (Å²) in [5.41, 5.74) is 4.80. The number of carbonyl (C=O) groups excluding carboxylic acids is 1. The molecule has 1 unspecified atom stereocenters. The lowest BCUT2D eigenvalue weighted by Crippen LogP contribution is -2.27. The molecule has 0 bridgehead atoms. The van der Waals surface area contributed by atoms with E-state index in [4.69, 9.17) is 11.6 Å². The van der Waals surface area contributed by atoms with Crippen LogP contribution in [0.2, 0.25) is 5.02 Å². The minimum absolute atomic E-state index is 0.213. The number of rotatable bonds is 4. The molecule has 2 aromatic heterocycles. The highest BCUT2D eigenvalue weighted by Gasteiger charge is 2.19. The largest absolute Gasteiger partial charge is 0.344 e. The SMILES string of the molecule is Cc1nn(C)c(C)c1-c1cc(C(=O)NC(C)c2ccccc2Cl)[nH]n1. The van der Waals surface area contributed by atoms with Gasteiger partial charge >= 0.3 is 0 Å². The Kier molecular flexibility index (Phi) is 4.63. The molecule has 130 valence electrons. The topological polar surface area (TPSA) is 75.6 Å². The smallest absolute Gasteiger partial charge is 0.269 e. The van der Waals surface area contributed by atoms with Crippen molar-refractivity contribution in [3.8, 4) is 11.3 Å². The van der Waals surface area contributed by atoms with Crippen LogP contribution in [0.5, 0.6) is 0 Å². The van der Waals surface area contributed by atoms with Gasteiger partial charge in [0.1, 0.15) is 5.69 Å². The van der Waals surface area contributed by atoms with E-state index in [1.807, 2.05) is 52.1 Å². The molecule has 0 saturated heterocycles. The van der Waals surface area contributed by atoms with E-state index in [9.17, 15) is 4.79 Å². The molecular weight excluding hydrogens is 338 g/mol. The van der Waals surface area contributed by atoms with Gasteiger partial charge in [0.2, 0.25) is 0 Å². The first kappa shape index (κ1) is 17.2. The van der Waals surface area contributed by atoms with Crippen LogP contribution in [0, 0.1) is 13.8 Å². The third-order valence-corrected chi connectivity index (χ3v) is 4.65. The lowest BCUT2D eigenvalue weighted by molar-refractivity contribution is 0.0935. The maximum atomic E-state index is 12.5. The standard InChI is InChI=1S/C18H20ClN5O/c1-10(13-7-5-6-8-14(13)19)20-18(25)16-9-15(21-22-16)17-11(2)23-24(4)12(17)3/h5-10H,1-4H3,(H,20,25)(H,21,22). The second kappa shape index (κ2) is 6.72. The summed E-state index contributed by atoms with van der Waals surface area (Å²) in [5, 5.41) is 15.0. The van der Waals surface area contributed by atoms with E-state index in [2.05, 4.69) is 20.6 Å². The average Bonchev–Trinajstić information content (AvgIpc) is 3.13. The van der Waals surface area contributed by atoms with Crippen LogP contribution < -0.4 is 5.32 Å². The van der Waals surface area contributed by atoms with Gasteiger partial charge in [-0.3, -0.25) is 14.6 Å². The third-order valence-electron chi connectivity index (χ3n) is 4.31. The first-order chi connectivity index (χ1) is 11.9. The lowest BCUT2D eigenvalue weighted by atomic mass is 10.1. The van der Waals surface area contributed by atoms with Crippen molar-refractivity contribution < 1.29 is 4.79 Å². The van der Waals surface area contributed by atoms with Crippen molar-refractivity contribution >= 4 is 17.5 Å². The summed E-state index contributed by atoms with van der Waals surface area (Å²) in [6, 6.07) is 8.99. The molecule has 25 heavy (non-hydrogen) atoms. The van der Waals surface area contributed by atoms with Crippen LogP contribution in [0.25, 0.3) is 11.3 Å². The van der Waals surface area contributed by atoms with E-state index >= 15 is 0 Å². The molecule has 1 aromatic carbocycles. The van der Waals surface area contributed by atoms with Gasteiger partial charge in [0.05, 0.1) is 17.4 Å². The number of amides is 1. The maximum absolute atomic E-state index is 12.5. The van der Waals surface area contributed by atoms with Crippen LogP contribution in [0.15, 0.2) is 30.3 Å². The summed E-state index contributed by atoms with van der Waals surface area (Å²) in [6.07, 6.45) is 0. The summed E-state index contributed by atoms with van der Waals surface area (Å²) < 4.78 is 1.80. The van der Waals surface area contributed by atoms with E-state index in [0.717, 1.165) is 22.5 Å². The number of carbonyl (C=O) groups is 1. The molecular formula is C18H20ClN5O. The Balaban J connectivity index is 1.80. The van der Waals surface area contributed by atoms with E-state index in [-0.39, 0.29) is 11.9 Å². The molecule has 0 aliphatic rings. The van der Waals surface area contributed by atoms with E-state index in [1.165, 1.54) is 0 Å². The zero-order valence-corrected chi connectivity index (χ0v) is 15.3. The van der Waals surface area contributed by atoms with Gasteiger partial charge in [0.15, 0.2) is 0 Å². The number of aryl methyl sites for hydroxylation is 2. The van der Waals surface area contributed by atoms with Crippen LogP contribution >= 0.6 is 11.6 Å². The highest BCUT2D eigenvalue weighted by Crippen LogP contribution is 2.26. The fraction of sp³-hybridized carbons (Fsp3) is 0.278. The molecule has 0 aliphatic heterocycles. The van der Waals surface area contributed by atoms with Gasteiger partial charge in [-0.15, -0.1) is 0 Å². The predicted octanol–water partition coefficient (Wildman–Crippen LogP) is 3.57. The molecule has 2 N–H and O–H groups in total. The van der Waals surface area contributed by atoms with Crippen molar-refractivity contribution in [3.05, 3.63) is 58.0 Å². The Morgan fingerprint density at radius 2 is 2.04 bits per heavy atom. The van der Waals surface area contributed by atoms with Gasteiger partial charge < -0.3 is 5.32 Å². The number of hydrogen-bond acceptors (Lipinski definition) is 3. The highest BCUT2D eigenvalue weighted by atomic mass is 35.5. The Morgan fingerprint density at radius 1 is 1.32 bits per heavy atom. The fourth-order valence-electron chi connectivity index (χ4n) is 2.89. The second-order valence-corrected chi connectivity index (χ2v) is 6.46. The number of hydrogen-bond donors (Lipinski definition) is 2. The van der Waals surface area contributed by atoms with Crippen LogP contribution in [0.3, 0.4) is 0 Å². The number of benzene rings is 1. The Hall–Kier alpha value is -2.60.